The number of nitrogens with zero attached hydrogens (tertiary/aromatic N) is 6. The predicted octanol–water partition coefficient (Wildman–Crippen LogP) is 4.58. The molecule has 0 bridgehead atoms. The first-order valence-corrected chi connectivity index (χ1v) is 12.6. The van der Waals surface area contributed by atoms with Gasteiger partial charge in [0.2, 0.25) is 5.95 Å². The van der Waals surface area contributed by atoms with Crippen LogP contribution < -0.4 is 15.8 Å². The first-order valence-electron chi connectivity index (χ1n) is 12.6. The minimum absolute atomic E-state index is 0.237. The minimum Gasteiger partial charge on any atom is -0.369 e. The van der Waals surface area contributed by atoms with Crippen LogP contribution in [0.1, 0.15) is 43.9 Å². The molecule has 9 nitrogen and oxygen atoms in total. The summed E-state index contributed by atoms with van der Waals surface area (Å²) in [6.07, 6.45) is -0.621. The van der Waals surface area contributed by atoms with E-state index in [1.54, 1.807) is 7.05 Å². The zero-order valence-corrected chi connectivity index (χ0v) is 21.4. The molecule has 4 heterocycles. The number of aromatic nitrogens is 6. The van der Waals surface area contributed by atoms with Crippen LogP contribution in [0.2, 0.25) is 0 Å². The third kappa shape index (κ3) is 5.07. The van der Waals surface area contributed by atoms with Crippen molar-refractivity contribution in [1.82, 2.24) is 29.5 Å². The van der Waals surface area contributed by atoms with E-state index >= 15 is 0 Å². The van der Waals surface area contributed by atoms with Crippen LogP contribution in [0.15, 0.2) is 41.6 Å². The lowest BCUT2D eigenvalue weighted by Crippen LogP contribution is -2.37. The number of halogens is 3. The molecular formula is C26H29F3N8O. The molecule has 1 fully saturated rings. The molecule has 5 rings (SSSR count). The lowest BCUT2D eigenvalue weighted by atomic mass is 9.96. The fourth-order valence-electron chi connectivity index (χ4n) is 4.89. The largest absolute Gasteiger partial charge is 0.434 e. The topological polar surface area (TPSA) is 105 Å². The molecule has 0 atom stereocenters. The average Bonchev–Trinajstić information content (AvgIpc) is 3.29. The van der Waals surface area contributed by atoms with E-state index in [1.165, 1.54) is 10.9 Å². The Balaban J connectivity index is 1.35. The molecule has 0 radical (unpaired) electrons. The standard InChI is InChI=1S/C26H29F3N8O/c1-15(2)17-6-4-5-7-18(17)21-34-22(20-23(35-21)31-14-32-24(20)38)30-12-16-8-10-37(11-9-16)25-33-19(13-36(25)3)26(27,28)29/h4-7,13-16H,8-12H2,1-3H3,(H2,30,31,32,34,35,38). The van der Waals surface area contributed by atoms with Crippen molar-refractivity contribution < 1.29 is 13.2 Å². The Morgan fingerprint density at radius 2 is 1.87 bits per heavy atom. The van der Waals surface area contributed by atoms with Crippen LogP contribution in [0.25, 0.3) is 22.4 Å². The van der Waals surface area contributed by atoms with Gasteiger partial charge in [0.15, 0.2) is 17.2 Å². The number of alkyl halides is 3. The van der Waals surface area contributed by atoms with Gasteiger partial charge in [-0.05, 0) is 30.2 Å². The highest BCUT2D eigenvalue weighted by atomic mass is 19.4. The van der Waals surface area contributed by atoms with Crippen LogP contribution in [0, 0.1) is 5.92 Å². The first kappa shape index (κ1) is 25.7. The van der Waals surface area contributed by atoms with Gasteiger partial charge in [0.05, 0.1) is 6.33 Å². The van der Waals surface area contributed by atoms with Gasteiger partial charge in [-0.2, -0.15) is 13.2 Å². The quantitative estimate of drug-likeness (QED) is 0.379. The van der Waals surface area contributed by atoms with Crippen molar-refractivity contribution in [3.05, 3.63) is 58.4 Å². The second-order valence-corrected chi connectivity index (χ2v) is 9.91. The smallest absolute Gasteiger partial charge is 0.369 e. The molecule has 1 aromatic carbocycles. The van der Waals surface area contributed by atoms with E-state index in [0.717, 1.165) is 30.2 Å². The molecule has 0 amide bonds. The molecule has 200 valence electrons. The Bertz CT molecular complexity index is 1500. The lowest BCUT2D eigenvalue weighted by Gasteiger charge is -2.32. The molecule has 38 heavy (non-hydrogen) atoms. The number of benzene rings is 1. The van der Waals surface area contributed by atoms with Crippen molar-refractivity contribution in [2.75, 3.05) is 29.9 Å². The van der Waals surface area contributed by atoms with Crippen molar-refractivity contribution in [2.24, 2.45) is 13.0 Å². The number of nitrogens with one attached hydrogen (secondary N) is 2. The van der Waals surface area contributed by atoms with E-state index in [2.05, 4.69) is 39.1 Å². The Hall–Kier alpha value is -3.96. The van der Waals surface area contributed by atoms with E-state index in [9.17, 15) is 18.0 Å². The highest BCUT2D eigenvalue weighted by Crippen LogP contribution is 2.32. The number of fused-ring (bicyclic) bond motifs is 1. The van der Waals surface area contributed by atoms with Gasteiger partial charge >= 0.3 is 6.18 Å². The van der Waals surface area contributed by atoms with Gasteiger partial charge in [0, 0.05) is 38.4 Å². The van der Waals surface area contributed by atoms with E-state index < -0.39 is 11.9 Å². The van der Waals surface area contributed by atoms with Crippen molar-refractivity contribution in [3.8, 4) is 11.4 Å². The highest BCUT2D eigenvalue weighted by Gasteiger charge is 2.35. The number of anilines is 2. The van der Waals surface area contributed by atoms with Crippen LogP contribution in [-0.2, 0) is 13.2 Å². The number of aryl methyl sites for hydroxylation is 1. The molecule has 1 aliphatic heterocycles. The van der Waals surface area contributed by atoms with Crippen molar-refractivity contribution >= 4 is 22.8 Å². The number of hydrogen-bond donors (Lipinski definition) is 2. The van der Waals surface area contributed by atoms with Crippen molar-refractivity contribution in [3.63, 3.8) is 0 Å². The number of H-pyrrole nitrogens is 1. The summed E-state index contributed by atoms with van der Waals surface area (Å²) in [6.45, 7) is 5.91. The highest BCUT2D eigenvalue weighted by molar-refractivity contribution is 5.87. The molecule has 0 spiro atoms. The Labute approximate surface area is 217 Å². The number of aromatic amines is 1. The van der Waals surface area contributed by atoms with Crippen LogP contribution >= 0.6 is 0 Å². The molecule has 12 heteroatoms. The van der Waals surface area contributed by atoms with Gasteiger partial charge in [-0.3, -0.25) is 4.79 Å². The fraction of sp³-hybridized carbons (Fsp3) is 0.423. The van der Waals surface area contributed by atoms with E-state index in [0.29, 0.717) is 48.3 Å². The summed E-state index contributed by atoms with van der Waals surface area (Å²) in [5, 5.41) is 3.64. The molecule has 1 saturated heterocycles. The SMILES string of the molecule is CC(C)c1ccccc1-c1nc(NCC2CCN(c3nc(C(F)(F)F)cn3C)CC2)c2c(=O)[nH]cnc2n1. The van der Waals surface area contributed by atoms with Gasteiger partial charge < -0.3 is 19.8 Å². The number of hydrogen-bond acceptors (Lipinski definition) is 7. The molecule has 0 aliphatic carbocycles. The minimum atomic E-state index is -4.47. The molecule has 0 saturated carbocycles. The zero-order valence-electron chi connectivity index (χ0n) is 21.4. The Morgan fingerprint density at radius 1 is 1.13 bits per heavy atom. The second kappa shape index (κ2) is 10.1. The summed E-state index contributed by atoms with van der Waals surface area (Å²) in [7, 11) is 1.58. The third-order valence-corrected chi connectivity index (χ3v) is 6.92. The van der Waals surface area contributed by atoms with Crippen LogP contribution in [0.3, 0.4) is 0 Å². The molecule has 3 aromatic heterocycles. The second-order valence-electron chi connectivity index (χ2n) is 9.91. The summed E-state index contributed by atoms with van der Waals surface area (Å²) in [4.78, 5) is 34.6. The summed E-state index contributed by atoms with van der Waals surface area (Å²) in [5.41, 5.74) is 1.08. The van der Waals surface area contributed by atoms with Gasteiger partial charge in [-0.25, -0.2) is 19.9 Å². The van der Waals surface area contributed by atoms with E-state index in [-0.39, 0.29) is 17.4 Å². The summed E-state index contributed by atoms with van der Waals surface area (Å²) in [6, 6.07) is 7.91. The monoisotopic (exact) mass is 526 g/mol. The summed E-state index contributed by atoms with van der Waals surface area (Å²) >= 11 is 0. The Morgan fingerprint density at radius 3 is 2.55 bits per heavy atom. The average molecular weight is 527 g/mol. The predicted molar refractivity (Wildman–Crippen MR) is 139 cm³/mol. The number of rotatable bonds is 6. The van der Waals surface area contributed by atoms with Gasteiger partial charge in [-0.15, -0.1) is 0 Å². The van der Waals surface area contributed by atoms with Crippen molar-refractivity contribution in [1.29, 1.82) is 0 Å². The molecular weight excluding hydrogens is 497 g/mol. The summed E-state index contributed by atoms with van der Waals surface area (Å²) < 4.78 is 40.6. The third-order valence-electron chi connectivity index (χ3n) is 6.92. The maximum Gasteiger partial charge on any atom is 0.434 e. The van der Waals surface area contributed by atoms with Crippen LogP contribution in [0.4, 0.5) is 24.9 Å². The van der Waals surface area contributed by atoms with E-state index in [1.807, 2.05) is 29.2 Å². The van der Waals surface area contributed by atoms with Gasteiger partial charge in [0.25, 0.3) is 5.56 Å². The first-order chi connectivity index (χ1) is 18.1. The molecule has 4 aromatic rings. The Kier molecular flexibility index (Phi) is 6.80. The molecule has 1 aliphatic rings. The molecule has 0 unspecified atom stereocenters. The fourth-order valence-corrected chi connectivity index (χ4v) is 4.89. The normalized spacial score (nSPS) is 15.0. The number of piperidine rings is 1. The van der Waals surface area contributed by atoms with Crippen LogP contribution in [-0.4, -0.2) is 49.1 Å². The lowest BCUT2D eigenvalue weighted by molar-refractivity contribution is -0.140. The maximum absolute atomic E-state index is 13.1. The van der Waals surface area contributed by atoms with Crippen molar-refractivity contribution in [2.45, 2.75) is 38.8 Å². The molecule has 2 N–H and O–H groups in total. The maximum atomic E-state index is 13.1. The number of imidazole rings is 1. The zero-order chi connectivity index (χ0) is 27.0. The van der Waals surface area contributed by atoms with Gasteiger partial charge in [0.1, 0.15) is 11.2 Å². The van der Waals surface area contributed by atoms with Crippen LogP contribution in [0.5, 0.6) is 0 Å². The van der Waals surface area contributed by atoms with Gasteiger partial charge in [-0.1, -0.05) is 38.1 Å². The van der Waals surface area contributed by atoms with E-state index in [4.69, 9.17) is 4.98 Å². The summed E-state index contributed by atoms with van der Waals surface area (Å²) in [5.74, 6) is 1.72.